The van der Waals surface area contributed by atoms with Crippen molar-refractivity contribution in [2.24, 2.45) is 0 Å². The molecule has 1 aliphatic heterocycles. The molecule has 0 bridgehead atoms. The number of hydrogen-bond acceptors (Lipinski definition) is 2. The minimum absolute atomic E-state index is 0.362. The molecule has 1 saturated heterocycles. The van der Waals surface area contributed by atoms with E-state index in [0.29, 0.717) is 11.6 Å². The van der Waals surface area contributed by atoms with E-state index in [1.807, 2.05) is 6.08 Å². The number of hydrogen-bond donors (Lipinski definition) is 1. The Morgan fingerprint density at radius 2 is 2.14 bits per heavy atom. The van der Waals surface area contributed by atoms with Gasteiger partial charge in [-0.05, 0) is 19.8 Å². The first-order valence-corrected chi connectivity index (χ1v) is 5.78. The van der Waals surface area contributed by atoms with Crippen molar-refractivity contribution in [1.82, 2.24) is 10.2 Å². The summed E-state index contributed by atoms with van der Waals surface area (Å²) in [6.45, 7) is 14.0. The Hall–Kier alpha value is -0.340. The molecule has 2 nitrogen and oxygen atoms in total. The van der Waals surface area contributed by atoms with Crippen LogP contribution in [0, 0.1) is 0 Å². The second-order valence-electron chi connectivity index (χ2n) is 4.41. The normalized spacial score (nSPS) is 27.5. The molecule has 0 saturated carbocycles. The Kier molecular flexibility index (Phi) is 4.14. The second-order valence-corrected chi connectivity index (χ2v) is 4.41. The van der Waals surface area contributed by atoms with E-state index in [1.54, 1.807) is 0 Å². The molecule has 2 heteroatoms. The van der Waals surface area contributed by atoms with Gasteiger partial charge in [0.05, 0.1) is 0 Å². The predicted octanol–water partition coefficient (Wildman–Crippen LogP) is 2.02. The van der Waals surface area contributed by atoms with Crippen LogP contribution in [-0.2, 0) is 0 Å². The SMILES string of the molecule is C=CCN1CC(C)NCC1(CC)CC. The molecule has 0 radical (unpaired) electrons. The lowest BCUT2D eigenvalue weighted by Crippen LogP contribution is -2.63. The highest BCUT2D eigenvalue weighted by Gasteiger charge is 2.36. The third-order valence-corrected chi connectivity index (χ3v) is 3.61. The topological polar surface area (TPSA) is 15.3 Å². The van der Waals surface area contributed by atoms with E-state index in [9.17, 15) is 0 Å². The maximum Gasteiger partial charge on any atom is 0.0332 e. The summed E-state index contributed by atoms with van der Waals surface area (Å²) < 4.78 is 0. The van der Waals surface area contributed by atoms with Crippen LogP contribution in [-0.4, -0.2) is 36.1 Å². The molecule has 1 fully saturated rings. The van der Waals surface area contributed by atoms with E-state index in [1.165, 1.54) is 12.8 Å². The van der Waals surface area contributed by atoms with E-state index in [2.05, 4.69) is 37.6 Å². The zero-order chi connectivity index (χ0) is 10.6. The summed E-state index contributed by atoms with van der Waals surface area (Å²) in [6, 6.07) is 0.612. The van der Waals surface area contributed by atoms with Crippen molar-refractivity contribution in [2.45, 2.75) is 45.2 Å². The predicted molar refractivity (Wildman–Crippen MR) is 62.5 cm³/mol. The van der Waals surface area contributed by atoms with E-state index < -0.39 is 0 Å². The summed E-state index contributed by atoms with van der Waals surface area (Å²) in [5.74, 6) is 0. The smallest absolute Gasteiger partial charge is 0.0332 e. The van der Waals surface area contributed by atoms with Crippen molar-refractivity contribution >= 4 is 0 Å². The molecule has 82 valence electrons. The third kappa shape index (κ3) is 2.18. The highest BCUT2D eigenvalue weighted by Crippen LogP contribution is 2.26. The second kappa shape index (κ2) is 4.94. The first-order chi connectivity index (χ1) is 6.68. The Labute approximate surface area is 88.4 Å². The Balaban J connectivity index is 2.74. The van der Waals surface area contributed by atoms with Crippen LogP contribution >= 0.6 is 0 Å². The maximum atomic E-state index is 3.85. The first kappa shape index (κ1) is 11.7. The van der Waals surface area contributed by atoms with E-state index >= 15 is 0 Å². The van der Waals surface area contributed by atoms with Gasteiger partial charge in [0, 0.05) is 31.2 Å². The van der Waals surface area contributed by atoms with Crippen molar-refractivity contribution in [3.63, 3.8) is 0 Å². The largest absolute Gasteiger partial charge is 0.311 e. The van der Waals surface area contributed by atoms with Crippen LogP contribution in [0.2, 0.25) is 0 Å². The van der Waals surface area contributed by atoms with Crippen molar-refractivity contribution < 1.29 is 0 Å². The molecule has 14 heavy (non-hydrogen) atoms. The summed E-state index contributed by atoms with van der Waals surface area (Å²) in [6.07, 6.45) is 4.46. The van der Waals surface area contributed by atoms with Gasteiger partial charge < -0.3 is 5.32 Å². The van der Waals surface area contributed by atoms with Gasteiger partial charge in [-0.25, -0.2) is 0 Å². The van der Waals surface area contributed by atoms with Gasteiger partial charge in [-0.3, -0.25) is 4.90 Å². The molecule has 0 spiro atoms. The van der Waals surface area contributed by atoms with Crippen molar-refractivity contribution in [3.8, 4) is 0 Å². The fourth-order valence-corrected chi connectivity index (χ4v) is 2.44. The zero-order valence-corrected chi connectivity index (χ0v) is 9.84. The van der Waals surface area contributed by atoms with E-state index in [4.69, 9.17) is 0 Å². The molecule has 0 aromatic heterocycles. The standard InChI is InChI=1S/C12H24N2/c1-5-8-14-9-11(4)13-10-12(14,6-2)7-3/h5,11,13H,1,6-10H2,2-4H3. The van der Waals surface area contributed by atoms with Gasteiger partial charge in [-0.15, -0.1) is 6.58 Å². The molecule has 0 aliphatic carbocycles. The molecular formula is C12H24N2. The molecule has 1 rings (SSSR count). The van der Waals surface area contributed by atoms with Crippen LogP contribution in [0.25, 0.3) is 0 Å². The molecular weight excluding hydrogens is 172 g/mol. The van der Waals surface area contributed by atoms with Gasteiger partial charge in [0.25, 0.3) is 0 Å². The molecule has 0 aromatic carbocycles. The molecule has 0 aromatic rings. The maximum absolute atomic E-state index is 3.85. The van der Waals surface area contributed by atoms with E-state index in [-0.39, 0.29) is 0 Å². The molecule has 1 heterocycles. The first-order valence-electron chi connectivity index (χ1n) is 5.78. The summed E-state index contributed by atoms with van der Waals surface area (Å²) in [7, 11) is 0. The Morgan fingerprint density at radius 3 is 2.64 bits per heavy atom. The average Bonchev–Trinajstić information content (AvgIpc) is 2.20. The molecule has 1 unspecified atom stereocenters. The van der Waals surface area contributed by atoms with Gasteiger partial charge in [0.1, 0.15) is 0 Å². The highest BCUT2D eigenvalue weighted by atomic mass is 15.3. The van der Waals surface area contributed by atoms with Crippen molar-refractivity contribution in [1.29, 1.82) is 0 Å². The number of piperazine rings is 1. The lowest BCUT2D eigenvalue weighted by Gasteiger charge is -2.48. The number of rotatable bonds is 4. The summed E-state index contributed by atoms with van der Waals surface area (Å²) in [4.78, 5) is 2.58. The molecule has 1 atom stereocenters. The average molecular weight is 196 g/mol. The fourth-order valence-electron chi connectivity index (χ4n) is 2.44. The van der Waals surface area contributed by atoms with Gasteiger partial charge in [-0.2, -0.15) is 0 Å². The van der Waals surface area contributed by atoms with E-state index in [0.717, 1.165) is 19.6 Å². The quantitative estimate of drug-likeness (QED) is 0.692. The summed E-state index contributed by atoms with van der Waals surface area (Å²) in [5, 5.41) is 3.59. The van der Waals surface area contributed by atoms with Gasteiger partial charge in [0.2, 0.25) is 0 Å². The minimum Gasteiger partial charge on any atom is -0.311 e. The van der Waals surface area contributed by atoms with Crippen LogP contribution in [0.1, 0.15) is 33.6 Å². The third-order valence-electron chi connectivity index (χ3n) is 3.61. The van der Waals surface area contributed by atoms with Crippen molar-refractivity contribution in [3.05, 3.63) is 12.7 Å². The summed E-state index contributed by atoms with van der Waals surface area (Å²) in [5.41, 5.74) is 0.362. The van der Waals surface area contributed by atoms with Crippen LogP contribution < -0.4 is 5.32 Å². The summed E-state index contributed by atoms with van der Waals surface area (Å²) >= 11 is 0. The van der Waals surface area contributed by atoms with Gasteiger partial charge in [0.15, 0.2) is 0 Å². The lowest BCUT2D eigenvalue weighted by atomic mass is 9.87. The monoisotopic (exact) mass is 196 g/mol. The fraction of sp³-hybridized carbons (Fsp3) is 0.833. The molecule has 1 aliphatic rings. The minimum atomic E-state index is 0.362. The van der Waals surface area contributed by atoms with Crippen LogP contribution in [0.3, 0.4) is 0 Å². The van der Waals surface area contributed by atoms with Crippen LogP contribution in [0.5, 0.6) is 0 Å². The Morgan fingerprint density at radius 1 is 1.50 bits per heavy atom. The lowest BCUT2D eigenvalue weighted by molar-refractivity contribution is 0.0460. The molecule has 1 N–H and O–H groups in total. The number of nitrogens with zero attached hydrogens (tertiary/aromatic N) is 1. The highest BCUT2D eigenvalue weighted by molar-refractivity contribution is 4.98. The van der Waals surface area contributed by atoms with Gasteiger partial charge in [-0.1, -0.05) is 19.9 Å². The van der Waals surface area contributed by atoms with Crippen LogP contribution in [0.4, 0.5) is 0 Å². The van der Waals surface area contributed by atoms with Crippen molar-refractivity contribution in [2.75, 3.05) is 19.6 Å². The van der Waals surface area contributed by atoms with Crippen LogP contribution in [0.15, 0.2) is 12.7 Å². The van der Waals surface area contributed by atoms with Gasteiger partial charge >= 0.3 is 0 Å². The Bertz CT molecular complexity index is 185. The number of nitrogens with one attached hydrogen (secondary N) is 1. The molecule has 0 amide bonds. The zero-order valence-electron chi connectivity index (χ0n) is 9.84.